The van der Waals surface area contributed by atoms with Crippen LogP contribution in [0.5, 0.6) is 0 Å². The zero-order valence-corrected chi connectivity index (χ0v) is 12.5. The van der Waals surface area contributed by atoms with Gasteiger partial charge >= 0.3 is 5.97 Å². The number of aromatic nitrogens is 3. The summed E-state index contributed by atoms with van der Waals surface area (Å²) < 4.78 is 1.54. The number of aromatic carboxylic acids is 1. The van der Waals surface area contributed by atoms with Crippen LogP contribution in [0.25, 0.3) is 0 Å². The molecule has 0 saturated carbocycles. The van der Waals surface area contributed by atoms with E-state index < -0.39 is 5.97 Å². The van der Waals surface area contributed by atoms with Crippen molar-refractivity contribution in [3.8, 4) is 0 Å². The summed E-state index contributed by atoms with van der Waals surface area (Å²) in [6, 6.07) is 0.596. The molecule has 1 aromatic rings. The van der Waals surface area contributed by atoms with E-state index in [2.05, 4.69) is 41.4 Å². The molecule has 0 saturated heterocycles. The highest BCUT2D eigenvalue weighted by atomic mass is 16.4. The number of carboxylic acid groups (broad SMARTS) is 1. The van der Waals surface area contributed by atoms with Gasteiger partial charge in [0.25, 0.3) is 0 Å². The molecule has 7 nitrogen and oxygen atoms in total. The smallest absolute Gasteiger partial charge is 0.358 e. The van der Waals surface area contributed by atoms with Crippen LogP contribution in [0.3, 0.4) is 0 Å². The van der Waals surface area contributed by atoms with Gasteiger partial charge in [0.05, 0.1) is 12.7 Å². The molecule has 0 fully saturated rings. The maximum absolute atomic E-state index is 10.6. The van der Waals surface area contributed by atoms with Crippen LogP contribution in [0.2, 0.25) is 0 Å². The van der Waals surface area contributed by atoms with Gasteiger partial charge in [0.2, 0.25) is 0 Å². The second-order valence-corrected chi connectivity index (χ2v) is 5.20. The first-order valence-corrected chi connectivity index (χ1v) is 7.05. The molecule has 7 heteroatoms. The van der Waals surface area contributed by atoms with Crippen LogP contribution in [0.4, 0.5) is 0 Å². The molecule has 114 valence electrons. The van der Waals surface area contributed by atoms with E-state index in [-0.39, 0.29) is 5.69 Å². The molecule has 1 heterocycles. The number of hydrogen-bond acceptors (Lipinski definition) is 5. The molecule has 0 amide bonds. The van der Waals surface area contributed by atoms with Crippen LogP contribution in [0.15, 0.2) is 6.20 Å². The normalized spacial score (nSPS) is 11.4. The minimum atomic E-state index is -1.04. The Kier molecular flexibility index (Phi) is 7.17. The van der Waals surface area contributed by atoms with Gasteiger partial charge in [-0.05, 0) is 46.8 Å². The SMILES string of the molecule is CC(C)N(C)CCCCNCCn1cc(C(=O)O)nn1. The molecular formula is C13H25N5O2. The molecule has 0 spiro atoms. The van der Waals surface area contributed by atoms with Crippen molar-refractivity contribution in [3.05, 3.63) is 11.9 Å². The third-order valence-corrected chi connectivity index (χ3v) is 3.27. The lowest BCUT2D eigenvalue weighted by Crippen LogP contribution is -2.28. The topological polar surface area (TPSA) is 83.3 Å². The Bertz CT molecular complexity index is 405. The van der Waals surface area contributed by atoms with E-state index in [0.29, 0.717) is 12.6 Å². The molecule has 0 aliphatic rings. The maximum atomic E-state index is 10.6. The fourth-order valence-electron chi connectivity index (χ4n) is 1.69. The Labute approximate surface area is 120 Å². The summed E-state index contributed by atoms with van der Waals surface area (Å²) in [6.07, 6.45) is 3.75. The highest BCUT2D eigenvalue weighted by Gasteiger charge is 2.07. The van der Waals surface area contributed by atoms with Crippen LogP contribution in [-0.2, 0) is 6.54 Å². The van der Waals surface area contributed by atoms with E-state index in [9.17, 15) is 4.79 Å². The van der Waals surface area contributed by atoms with E-state index in [1.54, 1.807) is 4.68 Å². The van der Waals surface area contributed by atoms with Gasteiger partial charge in [0.1, 0.15) is 0 Å². The van der Waals surface area contributed by atoms with Gasteiger partial charge in [-0.25, -0.2) is 4.79 Å². The van der Waals surface area contributed by atoms with Crippen molar-refractivity contribution in [2.75, 3.05) is 26.7 Å². The quantitative estimate of drug-likeness (QED) is 0.615. The molecule has 0 aliphatic heterocycles. The van der Waals surface area contributed by atoms with Gasteiger partial charge in [0.15, 0.2) is 5.69 Å². The summed E-state index contributed by atoms with van der Waals surface area (Å²) in [4.78, 5) is 13.0. The number of rotatable bonds is 10. The van der Waals surface area contributed by atoms with Crippen molar-refractivity contribution in [1.29, 1.82) is 0 Å². The van der Waals surface area contributed by atoms with E-state index in [0.717, 1.165) is 26.1 Å². The van der Waals surface area contributed by atoms with Gasteiger partial charge < -0.3 is 15.3 Å². The summed E-state index contributed by atoms with van der Waals surface area (Å²) in [5.41, 5.74) is -0.0123. The zero-order chi connectivity index (χ0) is 15.0. The van der Waals surface area contributed by atoms with Crippen LogP contribution in [0.1, 0.15) is 37.2 Å². The second-order valence-electron chi connectivity index (χ2n) is 5.20. The van der Waals surface area contributed by atoms with Crippen LogP contribution in [-0.4, -0.2) is 63.7 Å². The molecule has 1 aromatic heterocycles. The van der Waals surface area contributed by atoms with Crippen molar-refractivity contribution in [2.24, 2.45) is 0 Å². The number of nitrogens with zero attached hydrogens (tertiary/aromatic N) is 4. The fraction of sp³-hybridized carbons (Fsp3) is 0.769. The predicted molar refractivity (Wildman–Crippen MR) is 76.9 cm³/mol. The van der Waals surface area contributed by atoms with Crippen molar-refractivity contribution in [1.82, 2.24) is 25.2 Å². The summed E-state index contributed by atoms with van der Waals surface area (Å²) >= 11 is 0. The highest BCUT2D eigenvalue weighted by Crippen LogP contribution is 1.97. The molecule has 1 rings (SSSR count). The zero-order valence-electron chi connectivity index (χ0n) is 12.5. The van der Waals surface area contributed by atoms with Crippen LogP contribution >= 0.6 is 0 Å². The number of hydrogen-bond donors (Lipinski definition) is 2. The van der Waals surface area contributed by atoms with Gasteiger partial charge in [-0.15, -0.1) is 5.10 Å². The van der Waals surface area contributed by atoms with Gasteiger partial charge in [-0.3, -0.25) is 4.68 Å². The maximum Gasteiger partial charge on any atom is 0.358 e. The Balaban J connectivity index is 2.03. The molecular weight excluding hydrogens is 258 g/mol. The fourth-order valence-corrected chi connectivity index (χ4v) is 1.69. The monoisotopic (exact) mass is 283 g/mol. The lowest BCUT2D eigenvalue weighted by Gasteiger charge is -2.20. The first-order chi connectivity index (χ1) is 9.50. The van der Waals surface area contributed by atoms with Gasteiger partial charge in [0, 0.05) is 12.6 Å². The van der Waals surface area contributed by atoms with Crippen molar-refractivity contribution < 1.29 is 9.90 Å². The first-order valence-electron chi connectivity index (χ1n) is 7.05. The third kappa shape index (κ3) is 6.12. The predicted octanol–water partition coefficient (Wildman–Crippen LogP) is 0.686. The average Bonchev–Trinajstić information content (AvgIpc) is 2.86. The summed E-state index contributed by atoms with van der Waals surface area (Å²) in [7, 11) is 2.14. The minimum absolute atomic E-state index is 0.0123. The van der Waals surface area contributed by atoms with E-state index in [1.807, 2.05) is 0 Å². The standard InChI is InChI=1S/C13H25N5O2/c1-11(2)17(3)8-5-4-6-14-7-9-18-10-12(13(19)20)15-16-18/h10-11,14H,4-9H2,1-3H3,(H,19,20). The Morgan fingerprint density at radius 2 is 2.20 bits per heavy atom. The Morgan fingerprint density at radius 3 is 2.80 bits per heavy atom. The lowest BCUT2D eigenvalue weighted by molar-refractivity contribution is 0.0690. The van der Waals surface area contributed by atoms with Gasteiger partial charge in [-0.2, -0.15) is 0 Å². The first kappa shape index (κ1) is 16.6. The number of unbranched alkanes of at least 4 members (excludes halogenated alkanes) is 1. The van der Waals surface area contributed by atoms with E-state index in [4.69, 9.17) is 5.11 Å². The Hall–Kier alpha value is -1.47. The third-order valence-electron chi connectivity index (χ3n) is 3.27. The van der Waals surface area contributed by atoms with E-state index in [1.165, 1.54) is 12.6 Å². The van der Waals surface area contributed by atoms with Crippen LogP contribution in [0, 0.1) is 0 Å². The molecule has 2 N–H and O–H groups in total. The second kappa shape index (κ2) is 8.65. The average molecular weight is 283 g/mol. The molecule has 0 atom stereocenters. The van der Waals surface area contributed by atoms with Gasteiger partial charge in [-0.1, -0.05) is 5.21 Å². The summed E-state index contributed by atoms with van der Waals surface area (Å²) in [5.74, 6) is -1.04. The Morgan fingerprint density at radius 1 is 1.45 bits per heavy atom. The summed E-state index contributed by atoms with van der Waals surface area (Å²) in [5, 5.41) is 19.3. The number of carboxylic acids is 1. The number of carbonyl (C=O) groups is 1. The largest absolute Gasteiger partial charge is 0.476 e. The molecule has 0 unspecified atom stereocenters. The lowest BCUT2D eigenvalue weighted by atomic mass is 10.2. The summed E-state index contributed by atoms with van der Waals surface area (Å²) in [6.45, 7) is 7.87. The molecule has 0 radical (unpaired) electrons. The van der Waals surface area contributed by atoms with Crippen LogP contribution < -0.4 is 5.32 Å². The molecule has 0 aromatic carbocycles. The van der Waals surface area contributed by atoms with Crippen molar-refractivity contribution in [2.45, 2.75) is 39.3 Å². The molecule has 0 bridgehead atoms. The molecule has 20 heavy (non-hydrogen) atoms. The number of nitrogens with one attached hydrogen (secondary N) is 1. The van der Waals surface area contributed by atoms with Crippen molar-refractivity contribution >= 4 is 5.97 Å². The molecule has 0 aliphatic carbocycles. The van der Waals surface area contributed by atoms with E-state index >= 15 is 0 Å². The minimum Gasteiger partial charge on any atom is -0.476 e. The highest BCUT2D eigenvalue weighted by molar-refractivity contribution is 5.84. The van der Waals surface area contributed by atoms with Crippen molar-refractivity contribution in [3.63, 3.8) is 0 Å².